The van der Waals surface area contributed by atoms with Crippen molar-refractivity contribution in [3.05, 3.63) is 28.6 Å². The Balaban J connectivity index is 2.13. The molecule has 1 aromatic carbocycles. The van der Waals surface area contributed by atoms with Gasteiger partial charge < -0.3 is 14.8 Å². The molecule has 3 rings (SSSR count). The monoisotopic (exact) mass is 416 g/mol. The topological polar surface area (TPSA) is 80.1 Å². The van der Waals surface area contributed by atoms with E-state index in [-0.39, 0.29) is 18.8 Å². The van der Waals surface area contributed by atoms with Crippen LogP contribution in [-0.2, 0) is 0 Å². The first-order valence-electron chi connectivity index (χ1n) is 8.91. The summed E-state index contributed by atoms with van der Waals surface area (Å²) in [6, 6.07) is 7.68. The van der Waals surface area contributed by atoms with Crippen LogP contribution >= 0.6 is 22.9 Å². The molecule has 6 nitrogen and oxygen atoms in total. The summed E-state index contributed by atoms with van der Waals surface area (Å²) in [7, 11) is 0. The minimum Gasteiger partial charge on any atom is -0.490 e. The Labute approximate surface area is 173 Å². The van der Waals surface area contributed by atoms with Gasteiger partial charge in [-0.1, -0.05) is 11.6 Å². The fourth-order valence-corrected chi connectivity index (χ4v) is 3.73. The summed E-state index contributed by atoms with van der Waals surface area (Å²) in [4.78, 5) is 9.34. The van der Waals surface area contributed by atoms with Crippen LogP contribution in [0.3, 0.4) is 0 Å². The Morgan fingerprint density at radius 3 is 2.64 bits per heavy atom. The summed E-state index contributed by atoms with van der Waals surface area (Å²) in [5.41, 5.74) is 1.95. The number of benzene rings is 1. The number of nitriles is 1. The average molecular weight is 417 g/mol. The van der Waals surface area contributed by atoms with Crippen LogP contribution in [0.25, 0.3) is 22.3 Å². The lowest BCUT2D eigenvalue weighted by molar-refractivity contribution is 0.245. The minimum absolute atomic E-state index is 0.0136. The van der Waals surface area contributed by atoms with Gasteiger partial charge in [0.1, 0.15) is 28.3 Å². The molecular weight excluding hydrogens is 396 g/mol. The predicted octanol–water partition coefficient (Wildman–Crippen LogP) is 5.52. The molecule has 0 bridgehead atoms. The number of ether oxygens (including phenoxy) is 2. The Morgan fingerprint density at radius 2 is 1.96 bits per heavy atom. The number of fused-ring (bicyclic) bond motifs is 1. The Morgan fingerprint density at radius 1 is 1.18 bits per heavy atom. The SMILES string of the molecule is CC(C)Nc1nc(-c2cc(OC(C)C)c3ccc(OCC#N)c(Cl)c3n2)cs1. The second kappa shape index (κ2) is 8.63. The molecule has 8 heteroatoms. The van der Waals surface area contributed by atoms with Crippen molar-refractivity contribution in [2.24, 2.45) is 0 Å². The van der Waals surface area contributed by atoms with Crippen molar-refractivity contribution in [2.75, 3.05) is 11.9 Å². The largest absolute Gasteiger partial charge is 0.490 e. The van der Waals surface area contributed by atoms with Gasteiger partial charge >= 0.3 is 0 Å². The van der Waals surface area contributed by atoms with Crippen LogP contribution in [0.1, 0.15) is 27.7 Å². The quantitative estimate of drug-likeness (QED) is 0.546. The molecule has 0 radical (unpaired) electrons. The van der Waals surface area contributed by atoms with Crippen LogP contribution in [0.4, 0.5) is 5.13 Å². The van der Waals surface area contributed by atoms with Crippen LogP contribution in [0.2, 0.25) is 5.02 Å². The molecule has 2 heterocycles. The van der Waals surface area contributed by atoms with Gasteiger partial charge in [-0.05, 0) is 39.8 Å². The number of hydrogen-bond acceptors (Lipinski definition) is 7. The first-order chi connectivity index (χ1) is 13.4. The van der Waals surface area contributed by atoms with Crippen molar-refractivity contribution >= 4 is 39.0 Å². The maximum absolute atomic E-state index is 8.77. The molecule has 3 aromatic rings. The highest BCUT2D eigenvalue weighted by molar-refractivity contribution is 7.14. The number of pyridine rings is 1. The number of nitrogens with zero attached hydrogens (tertiary/aromatic N) is 3. The smallest absolute Gasteiger partial charge is 0.183 e. The van der Waals surface area contributed by atoms with Crippen molar-refractivity contribution < 1.29 is 9.47 Å². The molecule has 0 unspecified atom stereocenters. The molecule has 0 aliphatic carbocycles. The highest BCUT2D eigenvalue weighted by Crippen LogP contribution is 2.39. The normalized spacial score (nSPS) is 11.1. The number of anilines is 1. The maximum atomic E-state index is 8.77. The molecule has 0 saturated carbocycles. The van der Waals surface area contributed by atoms with Gasteiger partial charge in [-0.25, -0.2) is 9.97 Å². The summed E-state index contributed by atoms with van der Waals surface area (Å²) in [5.74, 6) is 1.09. The van der Waals surface area contributed by atoms with Gasteiger partial charge in [0.05, 0.1) is 17.3 Å². The van der Waals surface area contributed by atoms with Gasteiger partial charge in [0.25, 0.3) is 0 Å². The van der Waals surface area contributed by atoms with Crippen molar-refractivity contribution in [2.45, 2.75) is 39.8 Å². The second-order valence-electron chi connectivity index (χ2n) is 6.73. The summed E-state index contributed by atoms with van der Waals surface area (Å²) in [6.45, 7) is 7.96. The lowest BCUT2D eigenvalue weighted by Gasteiger charge is -2.15. The van der Waals surface area contributed by atoms with E-state index >= 15 is 0 Å². The molecule has 28 heavy (non-hydrogen) atoms. The minimum atomic E-state index is -0.0867. The number of nitrogens with one attached hydrogen (secondary N) is 1. The molecule has 0 aliphatic heterocycles. The van der Waals surface area contributed by atoms with Crippen molar-refractivity contribution in [1.29, 1.82) is 5.26 Å². The number of hydrogen-bond donors (Lipinski definition) is 1. The Kier molecular flexibility index (Phi) is 6.22. The molecule has 0 fully saturated rings. The van der Waals surface area contributed by atoms with Crippen LogP contribution in [-0.4, -0.2) is 28.7 Å². The molecular formula is C20H21ClN4O2S. The van der Waals surface area contributed by atoms with Gasteiger partial charge in [0.2, 0.25) is 0 Å². The Hall–Kier alpha value is -2.56. The third-order valence-corrected chi connectivity index (χ3v) is 4.82. The van der Waals surface area contributed by atoms with Gasteiger partial charge in [0.15, 0.2) is 11.7 Å². The van der Waals surface area contributed by atoms with Gasteiger partial charge in [-0.3, -0.25) is 0 Å². The summed E-state index contributed by atoms with van der Waals surface area (Å²) in [6.07, 6.45) is -0.0136. The van der Waals surface area contributed by atoms with Crippen molar-refractivity contribution in [3.63, 3.8) is 0 Å². The fraction of sp³-hybridized carbons (Fsp3) is 0.350. The van der Waals surface area contributed by atoms with E-state index in [0.717, 1.165) is 16.2 Å². The third kappa shape index (κ3) is 4.46. The van der Waals surface area contributed by atoms with E-state index in [2.05, 4.69) is 24.1 Å². The first kappa shape index (κ1) is 20.2. The molecule has 0 spiro atoms. The highest BCUT2D eigenvalue weighted by Gasteiger charge is 2.17. The van der Waals surface area contributed by atoms with Crippen LogP contribution < -0.4 is 14.8 Å². The van der Waals surface area contributed by atoms with E-state index < -0.39 is 0 Å². The van der Waals surface area contributed by atoms with Gasteiger partial charge in [-0.2, -0.15) is 5.26 Å². The standard InChI is InChI=1S/C20H21ClN4O2S/c1-11(2)23-20-25-15(10-28-20)14-9-17(27-12(3)4)13-5-6-16(26-8-7-22)18(21)19(13)24-14/h5-6,9-12H,8H2,1-4H3,(H,23,25). The van der Waals surface area contributed by atoms with Gasteiger partial charge in [-0.15, -0.1) is 11.3 Å². The van der Waals surface area contributed by atoms with E-state index in [1.807, 2.05) is 37.4 Å². The highest BCUT2D eigenvalue weighted by atomic mass is 35.5. The lowest BCUT2D eigenvalue weighted by atomic mass is 10.1. The van der Waals surface area contributed by atoms with E-state index in [9.17, 15) is 0 Å². The fourth-order valence-electron chi connectivity index (χ4n) is 2.62. The molecule has 2 aromatic heterocycles. The van der Waals surface area contributed by atoms with Crippen LogP contribution in [0.15, 0.2) is 23.6 Å². The molecule has 1 N–H and O–H groups in total. The third-order valence-electron chi connectivity index (χ3n) is 3.68. The maximum Gasteiger partial charge on any atom is 0.183 e. The lowest BCUT2D eigenvalue weighted by Crippen LogP contribution is -2.09. The van der Waals surface area contributed by atoms with Gasteiger partial charge in [0, 0.05) is 22.9 Å². The molecule has 146 valence electrons. The number of halogens is 1. The molecule has 0 atom stereocenters. The van der Waals surface area contributed by atoms with E-state index in [0.29, 0.717) is 27.7 Å². The van der Waals surface area contributed by atoms with Crippen LogP contribution in [0.5, 0.6) is 11.5 Å². The Bertz CT molecular complexity index is 1030. The summed E-state index contributed by atoms with van der Waals surface area (Å²) < 4.78 is 11.4. The number of aromatic nitrogens is 2. The summed E-state index contributed by atoms with van der Waals surface area (Å²) in [5, 5.41) is 16.0. The van der Waals surface area contributed by atoms with Crippen LogP contribution in [0, 0.1) is 11.3 Å². The van der Waals surface area contributed by atoms with Crippen molar-refractivity contribution in [1.82, 2.24) is 9.97 Å². The average Bonchev–Trinajstić information content (AvgIpc) is 3.08. The first-order valence-corrected chi connectivity index (χ1v) is 10.2. The molecule has 0 aliphatic rings. The number of thiazole rings is 1. The molecule has 0 saturated heterocycles. The second-order valence-corrected chi connectivity index (χ2v) is 7.97. The summed E-state index contributed by atoms with van der Waals surface area (Å²) >= 11 is 8.06. The zero-order chi connectivity index (χ0) is 20.3. The van der Waals surface area contributed by atoms with Crippen molar-refractivity contribution in [3.8, 4) is 29.0 Å². The number of rotatable bonds is 7. The van der Waals surface area contributed by atoms with E-state index in [1.54, 1.807) is 6.07 Å². The van der Waals surface area contributed by atoms with E-state index in [4.69, 9.17) is 31.3 Å². The zero-order valence-electron chi connectivity index (χ0n) is 16.1. The zero-order valence-corrected chi connectivity index (χ0v) is 17.7. The predicted molar refractivity (Wildman–Crippen MR) is 113 cm³/mol. The van der Waals surface area contributed by atoms with E-state index in [1.165, 1.54) is 11.3 Å². The molecule has 0 amide bonds.